The molecule has 0 spiro atoms. The van der Waals surface area contributed by atoms with Crippen molar-refractivity contribution in [2.24, 2.45) is 0 Å². The third kappa shape index (κ3) is 4.90. The maximum Gasteiger partial charge on any atom is 0.137 e. The number of furan rings is 2. The lowest BCUT2D eigenvalue weighted by atomic mass is 9.95. The third-order valence-corrected chi connectivity index (χ3v) is 9.89. The molecule has 8 aromatic carbocycles. The minimum atomic E-state index is 0.857. The summed E-state index contributed by atoms with van der Waals surface area (Å²) in [6.07, 6.45) is 0. The summed E-state index contributed by atoms with van der Waals surface area (Å²) in [4.78, 5) is 2.39. The van der Waals surface area contributed by atoms with Gasteiger partial charge in [-0.25, -0.2) is 0 Å². The average Bonchev–Trinajstić information content (AvgIpc) is 3.78. The fraction of sp³-hybridized carbons (Fsp3) is 0. The first-order chi connectivity index (χ1) is 25.3. The highest BCUT2D eigenvalue weighted by atomic mass is 16.3. The Morgan fingerprint density at radius 2 is 0.843 bits per heavy atom. The first-order valence-corrected chi connectivity index (χ1v) is 17.3. The molecular formula is C48H31NO2. The molecule has 2 heterocycles. The molecule has 3 heteroatoms. The zero-order valence-corrected chi connectivity index (χ0v) is 27.7. The fourth-order valence-electron chi connectivity index (χ4n) is 7.55. The van der Waals surface area contributed by atoms with E-state index in [1.54, 1.807) is 0 Å². The molecule has 3 nitrogen and oxygen atoms in total. The number of benzene rings is 8. The number of rotatable bonds is 6. The van der Waals surface area contributed by atoms with Crippen molar-refractivity contribution in [1.82, 2.24) is 0 Å². The zero-order valence-electron chi connectivity index (χ0n) is 27.7. The fourth-order valence-corrected chi connectivity index (χ4v) is 7.55. The van der Waals surface area contributed by atoms with E-state index in [9.17, 15) is 0 Å². The van der Waals surface area contributed by atoms with Gasteiger partial charge in [0.05, 0.1) is 16.8 Å². The second-order valence-electron chi connectivity index (χ2n) is 12.9. The summed E-state index contributed by atoms with van der Waals surface area (Å²) < 4.78 is 12.7. The molecule has 0 amide bonds. The molecule has 0 atom stereocenters. The largest absolute Gasteiger partial charge is 0.456 e. The van der Waals surface area contributed by atoms with E-state index in [2.05, 4.69) is 169 Å². The van der Waals surface area contributed by atoms with Gasteiger partial charge in [-0.2, -0.15) is 0 Å². The quantitative estimate of drug-likeness (QED) is 0.179. The molecule has 10 rings (SSSR count). The van der Waals surface area contributed by atoms with Gasteiger partial charge >= 0.3 is 0 Å². The molecule has 0 N–H and O–H groups in total. The maximum atomic E-state index is 6.42. The molecule has 0 aliphatic heterocycles. The molecular weight excluding hydrogens is 623 g/mol. The number of fused-ring (bicyclic) bond motifs is 6. The lowest BCUT2D eigenvalue weighted by Crippen LogP contribution is -2.11. The first-order valence-electron chi connectivity index (χ1n) is 17.3. The van der Waals surface area contributed by atoms with Gasteiger partial charge in [0.15, 0.2) is 0 Å². The minimum Gasteiger partial charge on any atom is -0.456 e. The van der Waals surface area contributed by atoms with Crippen molar-refractivity contribution in [1.29, 1.82) is 0 Å². The van der Waals surface area contributed by atoms with Crippen LogP contribution >= 0.6 is 0 Å². The van der Waals surface area contributed by atoms with Gasteiger partial charge in [0, 0.05) is 27.4 Å². The summed E-state index contributed by atoms with van der Waals surface area (Å²) in [5.74, 6) is 0. The molecule has 0 aliphatic rings. The summed E-state index contributed by atoms with van der Waals surface area (Å²) in [7, 11) is 0. The van der Waals surface area contributed by atoms with Crippen LogP contribution in [-0.2, 0) is 0 Å². The molecule has 0 radical (unpaired) electrons. The summed E-state index contributed by atoms with van der Waals surface area (Å²) >= 11 is 0. The number of para-hydroxylation sites is 2. The van der Waals surface area contributed by atoms with Crippen LogP contribution in [0.4, 0.5) is 17.1 Å². The van der Waals surface area contributed by atoms with Gasteiger partial charge in [0.2, 0.25) is 0 Å². The van der Waals surface area contributed by atoms with Gasteiger partial charge < -0.3 is 13.7 Å². The van der Waals surface area contributed by atoms with Crippen molar-refractivity contribution in [2.75, 3.05) is 4.90 Å². The summed E-state index contributed by atoms with van der Waals surface area (Å²) in [6.45, 7) is 0. The van der Waals surface area contributed by atoms with Gasteiger partial charge in [-0.05, 0) is 82.4 Å². The SMILES string of the molecule is c1ccc(-c2ccc(N(c3ccc(-c4cccc5oc6ccccc6c45)cc3)c3cccc4oc5ccccc5c34)c(-c3ccccc3)c2)cc1. The standard InChI is InChI=1S/C48H31NO2/c1-3-13-32(14-4-1)35-27-30-41(40(31-35)33-15-5-2-6-16-33)49(42-20-12-24-46-48(42)39-18-8-10-22-44(39)51-46)36-28-25-34(26-29-36)37-19-11-23-45-47(37)38-17-7-9-21-43(38)50-45/h1-31H. The van der Waals surface area contributed by atoms with Crippen LogP contribution in [0.2, 0.25) is 0 Å². The van der Waals surface area contributed by atoms with Crippen LogP contribution in [0.3, 0.4) is 0 Å². The van der Waals surface area contributed by atoms with Crippen LogP contribution in [-0.4, -0.2) is 0 Å². The molecule has 0 fully saturated rings. The topological polar surface area (TPSA) is 29.5 Å². The second-order valence-corrected chi connectivity index (χ2v) is 12.9. The predicted molar refractivity (Wildman–Crippen MR) is 212 cm³/mol. The van der Waals surface area contributed by atoms with Crippen molar-refractivity contribution in [3.05, 3.63) is 188 Å². The predicted octanol–water partition coefficient (Wildman–Crippen LogP) is 14.0. The van der Waals surface area contributed by atoms with Gasteiger partial charge in [0.1, 0.15) is 22.3 Å². The Labute approximate surface area is 295 Å². The Kier molecular flexibility index (Phi) is 6.81. The van der Waals surface area contributed by atoms with E-state index < -0.39 is 0 Å². The molecule has 0 unspecified atom stereocenters. The van der Waals surface area contributed by atoms with E-state index in [0.717, 1.165) is 83.2 Å². The van der Waals surface area contributed by atoms with Crippen molar-refractivity contribution in [3.63, 3.8) is 0 Å². The molecule has 10 aromatic rings. The Balaban J connectivity index is 1.21. The zero-order chi connectivity index (χ0) is 33.7. The smallest absolute Gasteiger partial charge is 0.137 e. The first kappa shape index (κ1) is 29.1. The van der Waals surface area contributed by atoms with Gasteiger partial charge in [-0.3, -0.25) is 0 Å². The highest BCUT2D eigenvalue weighted by Gasteiger charge is 2.23. The van der Waals surface area contributed by atoms with E-state index in [0.29, 0.717) is 0 Å². The number of hydrogen-bond donors (Lipinski definition) is 0. The molecule has 0 aliphatic carbocycles. The van der Waals surface area contributed by atoms with E-state index in [4.69, 9.17) is 8.83 Å². The monoisotopic (exact) mass is 653 g/mol. The van der Waals surface area contributed by atoms with Crippen LogP contribution in [0.1, 0.15) is 0 Å². The molecule has 2 aromatic heterocycles. The molecule has 0 saturated heterocycles. The minimum absolute atomic E-state index is 0.857. The van der Waals surface area contributed by atoms with E-state index in [1.807, 2.05) is 24.3 Å². The van der Waals surface area contributed by atoms with Gasteiger partial charge in [-0.15, -0.1) is 0 Å². The van der Waals surface area contributed by atoms with Crippen LogP contribution in [0, 0.1) is 0 Å². The van der Waals surface area contributed by atoms with Crippen molar-refractivity contribution < 1.29 is 8.83 Å². The summed E-state index contributed by atoms with van der Waals surface area (Å²) in [5.41, 5.74) is 13.6. The lowest BCUT2D eigenvalue weighted by Gasteiger charge is -2.29. The number of nitrogens with zero attached hydrogens (tertiary/aromatic N) is 1. The molecule has 0 saturated carbocycles. The van der Waals surface area contributed by atoms with Crippen LogP contribution in [0.25, 0.3) is 77.3 Å². The summed E-state index contributed by atoms with van der Waals surface area (Å²) in [6, 6.07) is 66.2. The normalized spacial score (nSPS) is 11.5. The molecule has 240 valence electrons. The van der Waals surface area contributed by atoms with E-state index in [1.165, 1.54) is 11.1 Å². The Bertz CT molecular complexity index is 2850. The second kappa shape index (κ2) is 11.9. The Hall–Kier alpha value is -6.84. The highest BCUT2D eigenvalue weighted by Crippen LogP contribution is 2.47. The lowest BCUT2D eigenvalue weighted by molar-refractivity contribution is 0.668. The Morgan fingerprint density at radius 1 is 0.314 bits per heavy atom. The van der Waals surface area contributed by atoms with E-state index >= 15 is 0 Å². The molecule has 0 bridgehead atoms. The maximum absolute atomic E-state index is 6.42. The Morgan fingerprint density at radius 3 is 1.55 bits per heavy atom. The molecule has 51 heavy (non-hydrogen) atoms. The van der Waals surface area contributed by atoms with Crippen LogP contribution in [0.15, 0.2) is 197 Å². The van der Waals surface area contributed by atoms with Gasteiger partial charge in [-0.1, -0.05) is 133 Å². The third-order valence-electron chi connectivity index (χ3n) is 9.89. The number of hydrogen-bond acceptors (Lipinski definition) is 3. The highest BCUT2D eigenvalue weighted by molar-refractivity contribution is 6.14. The van der Waals surface area contributed by atoms with Crippen LogP contribution < -0.4 is 4.90 Å². The average molecular weight is 654 g/mol. The van der Waals surface area contributed by atoms with Crippen LogP contribution in [0.5, 0.6) is 0 Å². The van der Waals surface area contributed by atoms with Gasteiger partial charge in [0.25, 0.3) is 0 Å². The van der Waals surface area contributed by atoms with Crippen molar-refractivity contribution in [2.45, 2.75) is 0 Å². The van der Waals surface area contributed by atoms with Crippen molar-refractivity contribution in [3.8, 4) is 33.4 Å². The number of anilines is 3. The van der Waals surface area contributed by atoms with E-state index in [-0.39, 0.29) is 0 Å². The van der Waals surface area contributed by atoms with Crippen molar-refractivity contribution >= 4 is 60.9 Å². The summed E-state index contributed by atoms with van der Waals surface area (Å²) in [5, 5.41) is 4.43.